The number of nitrogens with zero attached hydrogens (tertiary/aromatic N) is 1. The van der Waals surface area contributed by atoms with Crippen LogP contribution in [-0.4, -0.2) is 52.5 Å². The first-order valence-electron chi connectivity index (χ1n) is 8.70. The molecule has 0 saturated heterocycles. The molecular formula is C19H22N2O6S. The van der Waals surface area contributed by atoms with Crippen molar-refractivity contribution in [3.63, 3.8) is 0 Å². The summed E-state index contributed by atoms with van der Waals surface area (Å²) >= 11 is 0. The Kier molecular flexibility index (Phi) is 6.05. The maximum atomic E-state index is 12.8. The molecule has 1 heterocycles. The van der Waals surface area contributed by atoms with E-state index in [-0.39, 0.29) is 11.4 Å². The summed E-state index contributed by atoms with van der Waals surface area (Å²) < 4.78 is 42.8. The number of benzene rings is 2. The molecule has 1 aliphatic rings. The Morgan fingerprint density at radius 2 is 1.89 bits per heavy atom. The molecule has 3 rings (SSSR count). The maximum Gasteiger partial charge on any atom is 0.243 e. The standard InChI is InChI=1S/C19H22N2O6S/c1-21(13-19(22)20-14-5-3-6-15(11-14)25-2)28(23,24)16-7-8-17-18(12-16)27-10-4-9-26-17/h3,5-8,11-12H,4,9-10,13H2,1-2H3,(H,20,22). The molecule has 0 radical (unpaired) electrons. The SMILES string of the molecule is COc1cccc(NC(=O)CN(C)S(=O)(=O)c2ccc3c(c2)OCCCO3)c1. The predicted molar refractivity (Wildman–Crippen MR) is 103 cm³/mol. The Balaban J connectivity index is 1.71. The van der Waals surface area contributed by atoms with Crippen LogP contribution in [0, 0.1) is 0 Å². The van der Waals surface area contributed by atoms with Gasteiger partial charge in [0, 0.05) is 31.3 Å². The van der Waals surface area contributed by atoms with Gasteiger partial charge in [-0.2, -0.15) is 4.31 Å². The fraction of sp³-hybridized carbons (Fsp3) is 0.316. The van der Waals surface area contributed by atoms with Gasteiger partial charge in [0.2, 0.25) is 15.9 Å². The van der Waals surface area contributed by atoms with Crippen LogP contribution in [0.5, 0.6) is 17.2 Å². The molecule has 2 aromatic rings. The second-order valence-corrected chi connectivity index (χ2v) is 8.25. The number of amides is 1. The van der Waals surface area contributed by atoms with E-state index < -0.39 is 15.9 Å². The Labute approximate surface area is 164 Å². The van der Waals surface area contributed by atoms with E-state index in [1.54, 1.807) is 30.3 Å². The normalized spacial score (nSPS) is 13.7. The topological polar surface area (TPSA) is 94.2 Å². The van der Waals surface area contributed by atoms with Gasteiger partial charge in [-0.15, -0.1) is 0 Å². The lowest BCUT2D eigenvalue weighted by molar-refractivity contribution is -0.116. The van der Waals surface area contributed by atoms with Gasteiger partial charge in [0.05, 0.1) is 31.8 Å². The summed E-state index contributed by atoms with van der Waals surface area (Å²) in [6, 6.07) is 11.3. The molecule has 0 aliphatic carbocycles. The van der Waals surface area contributed by atoms with Crippen LogP contribution in [0.15, 0.2) is 47.4 Å². The van der Waals surface area contributed by atoms with Crippen LogP contribution >= 0.6 is 0 Å². The summed E-state index contributed by atoms with van der Waals surface area (Å²) in [7, 11) is -0.997. The number of nitrogens with one attached hydrogen (secondary N) is 1. The third-order valence-electron chi connectivity index (χ3n) is 4.15. The van der Waals surface area contributed by atoms with Crippen molar-refractivity contribution in [2.75, 3.05) is 39.2 Å². The van der Waals surface area contributed by atoms with Crippen LogP contribution < -0.4 is 19.5 Å². The molecule has 0 aromatic heterocycles. The lowest BCUT2D eigenvalue weighted by Gasteiger charge is -2.18. The van der Waals surface area contributed by atoms with Crippen molar-refractivity contribution in [2.24, 2.45) is 0 Å². The van der Waals surface area contributed by atoms with Crippen molar-refractivity contribution in [1.82, 2.24) is 4.31 Å². The molecule has 1 N–H and O–H groups in total. The fourth-order valence-electron chi connectivity index (χ4n) is 2.67. The fourth-order valence-corrected chi connectivity index (χ4v) is 3.82. The molecule has 0 saturated carbocycles. The molecule has 9 heteroatoms. The van der Waals surface area contributed by atoms with Crippen molar-refractivity contribution < 1.29 is 27.4 Å². The highest BCUT2D eigenvalue weighted by molar-refractivity contribution is 7.89. The van der Waals surface area contributed by atoms with Gasteiger partial charge in [-0.05, 0) is 24.3 Å². The molecule has 2 aromatic carbocycles. The number of anilines is 1. The number of hydrogen-bond acceptors (Lipinski definition) is 6. The van der Waals surface area contributed by atoms with E-state index in [1.807, 2.05) is 0 Å². The second kappa shape index (κ2) is 8.49. The number of rotatable bonds is 6. The number of sulfonamides is 1. The molecule has 150 valence electrons. The molecular weight excluding hydrogens is 384 g/mol. The Bertz CT molecular complexity index is 961. The van der Waals surface area contributed by atoms with Gasteiger partial charge >= 0.3 is 0 Å². The first-order valence-corrected chi connectivity index (χ1v) is 10.1. The van der Waals surface area contributed by atoms with Crippen molar-refractivity contribution in [1.29, 1.82) is 0 Å². The van der Waals surface area contributed by atoms with Gasteiger partial charge in [-0.1, -0.05) is 6.07 Å². The number of fused-ring (bicyclic) bond motifs is 1. The first kappa shape index (κ1) is 20.0. The third kappa shape index (κ3) is 4.55. The maximum absolute atomic E-state index is 12.8. The van der Waals surface area contributed by atoms with Gasteiger partial charge in [-0.25, -0.2) is 8.42 Å². The smallest absolute Gasteiger partial charge is 0.243 e. The number of carbonyl (C=O) groups is 1. The van der Waals surface area contributed by atoms with Crippen molar-refractivity contribution >= 4 is 21.6 Å². The quantitative estimate of drug-likeness (QED) is 0.790. The molecule has 0 bridgehead atoms. The lowest BCUT2D eigenvalue weighted by atomic mass is 10.3. The number of methoxy groups -OCH3 is 1. The largest absolute Gasteiger partial charge is 0.497 e. The summed E-state index contributed by atoms with van der Waals surface area (Å²) in [5.74, 6) is 1.02. The van der Waals surface area contributed by atoms with Gasteiger partial charge in [-0.3, -0.25) is 4.79 Å². The third-order valence-corrected chi connectivity index (χ3v) is 5.95. The zero-order valence-corrected chi connectivity index (χ0v) is 16.5. The highest BCUT2D eigenvalue weighted by atomic mass is 32.2. The zero-order chi connectivity index (χ0) is 20.1. The van der Waals surface area contributed by atoms with Crippen LogP contribution in [0.4, 0.5) is 5.69 Å². The first-order chi connectivity index (χ1) is 13.4. The van der Waals surface area contributed by atoms with Crippen molar-refractivity contribution in [3.05, 3.63) is 42.5 Å². The Hall–Kier alpha value is -2.78. The number of hydrogen-bond donors (Lipinski definition) is 1. The van der Waals surface area contributed by atoms with E-state index in [2.05, 4.69) is 5.32 Å². The van der Waals surface area contributed by atoms with Crippen LogP contribution in [0.3, 0.4) is 0 Å². The minimum atomic E-state index is -3.87. The average Bonchev–Trinajstić information content (AvgIpc) is 2.92. The average molecular weight is 406 g/mol. The van der Waals surface area contributed by atoms with Gasteiger partial charge < -0.3 is 19.5 Å². The molecule has 0 unspecified atom stereocenters. The predicted octanol–water partition coefficient (Wildman–Crippen LogP) is 2.12. The molecule has 0 spiro atoms. The highest BCUT2D eigenvalue weighted by Gasteiger charge is 2.25. The number of ether oxygens (including phenoxy) is 3. The van der Waals surface area contributed by atoms with Gasteiger partial charge in [0.15, 0.2) is 11.5 Å². The van der Waals surface area contributed by atoms with Crippen LogP contribution in [0.2, 0.25) is 0 Å². The highest BCUT2D eigenvalue weighted by Crippen LogP contribution is 2.32. The second-order valence-electron chi connectivity index (χ2n) is 6.20. The summed E-state index contributed by atoms with van der Waals surface area (Å²) in [5.41, 5.74) is 0.519. The minimum Gasteiger partial charge on any atom is -0.497 e. The van der Waals surface area contributed by atoms with E-state index in [0.29, 0.717) is 36.1 Å². The molecule has 1 amide bonds. The Morgan fingerprint density at radius 3 is 2.64 bits per heavy atom. The molecule has 1 aliphatic heterocycles. The zero-order valence-electron chi connectivity index (χ0n) is 15.7. The van der Waals surface area contributed by atoms with Gasteiger partial charge in [0.25, 0.3) is 0 Å². The van der Waals surface area contributed by atoms with E-state index in [4.69, 9.17) is 14.2 Å². The van der Waals surface area contributed by atoms with E-state index >= 15 is 0 Å². The van der Waals surface area contributed by atoms with Crippen LogP contribution in [-0.2, 0) is 14.8 Å². The summed E-state index contributed by atoms with van der Waals surface area (Å²) in [6.45, 7) is 0.632. The number of likely N-dealkylation sites (N-methyl/N-ethyl adjacent to an activating group) is 1. The van der Waals surface area contributed by atoms with E-state index in [9.17, 15) is 13.2 Å². The monoisotopic (exact) mass is 406 g/mol. The molecule has 0 fully saturated rings. The summed E-state index contributed by atoms with van der Waals surface area (Å²) in [5, 5.41) is 2.66. The Morgan fingerprint density at radius 1 is 1.14 bits per heavy atom. The summed E-state index contributed by atoms with van der Waals surface area (Å²) in [6.07, 6.45) is 0.723. The molecule has 0 atom stereocenters. The van der Waals surface area contributed by atoms with Crippen molar-refractivity contribution in [2.45, 2.75) is 11.3 Å². The molecule has 28 heavy (non-hydrogen) atoms. The summed E-state index contributed by atoms with van der Waals surface area (Å²) in [4.78, 5) is 12.3. The van der Waals surface area contributed by atoms with Gasteiger partial charge in [0.1, 0.15) is 5.75 Å². The molecule has 8 nitrogen and oxygen atoms in total. The van der Waals surface area contributed by atoms with E-state index in [0.717, 1.165) is 10.7 Å². The lowest BCUT2D eigenvalue weighted by Crippen LogP contribution is -2.35. The van der Waals surface area contributed by atoms with Crippen LogP contribution in [0.1, 0.15) is 6.42 Å². The number of carbonyl (C=O) groups excluding carboxylic acids is 1. The van der Waals surface area contributed by atoms with Crippen molar-refractivity contribution in [3.8, 4) is 17.2 Å². The minimum absolute atomic E-state index is 0.0356. The van der Waals surface area contributed by atoms with E-state index in [1.165, 1.54) is 26.3 Å². The van der Waals surface area contributed by atoms with Crippen LogP contribution in [0.25, 0.3) is 0 Å².